The van der Waals surface area contributed by atoms with E-state index < -0.39 is 15.0 Å². The molecule has 0 radical (unpaired) electrons. The van der Waals surface area contributed by atoms with E-state index in [0.29, 0.717) is 5.75 Å². The molecule has 0 aliphatic rings. The fourth-order valence-electron chi connectivity index (χ4n) is 1.34. The van der Waals surface area contributed by atoms with Gasteiger partial charge in [0.15, 0.2) is 0 Å². The molecular formula is C11H13ClO5S. The molecule has 1 aromatic carbocycles. The lowest BCUT2D eigenvalue weighted by Crippen LogP contribution is -2.10. The number of carbonyl (C=O) groups is 1. The van der Waals surface area contributed by atoms with Crippen molar-refractivity contribution in [3.63, 3.8) is 0 Å². The monoisotopic (exact) mass is 292 g/mol. The Bertz CT molecular complexity index is 551. The summed E-state index contributed by atoms with van der Waals surface area (Å²) in [5.74, 6) is -0.419. The maximum atomic E-state index is 11.5. The van der Waals surface area contributed by atoms with Crippen LogP contribution in [-0.4, -0.2) is 27.6 Å². The van der Waals surface area contributed by atoms with E-state index in [0.717, 1.165) is 7.11 Å². The zero-order valence-corrected chi connectivity index (χ0v) is 11.7. The van der Waals surface area contributed by atoms with Gasteiger partial charge in [0.25, 0.3) is 9.05 Å². The highest BCUT2D eigenvalue weighted by Gasteiger charge is 2.22. The molecule has 7 heteroatoms. The van der Waals surface area contributed by atoms with Crippen LogP contribution in [0.15, 0.2) is 23.1 Å². The fourth-order valence-corrected chi connectivity index (χ4v) is 2.38. The Morgan fingerprint density at radius 3 is 2.39 bits per heavy atom. The predicted octanol–water partition coefficient (Wildman–Crippen LogP) is 2.19. The first-order chi connectivity index (χ1) is 8.25. The fraction of sp³-hybridized carbons (Fsp3) is 0.364. The second-order valence-corrected chi connectivity index (χ2v) is 6.29. The number of methoxy groups -OCH3 is 1. The normalized spacial score (nSPS) is 11.4. The van der Waals surface area contributed by atoms with Gasteiger partial charge < -0.3 is 9.47 Å². The Labute approximate surface area is 110 Å². The van der Waals surface area contributed by atoms with Gasteiger partial charge in [-0.2, -0.15) is 0 Å². The Kier molecular flexibility index (Phi) is 4.59. The Morgan fingerprint density at radius 1 is 1.33 bits per heavy atom. The number of hydrogen-bond acceptors (Lipinski definition) is 5. The highest BCUT2D eigenvalue weighted by atomic mass is 35.7. The first-order valence-corrected chi connectivity index (χ1v) is 7.40. The van der Waals surface area contributed by atoms with Gasteiger partial charge in [-0.25, -0.2) is 13.2 Å². The SMILES string of the molecule is COC(=O)c1cc(OC(C)C)ccc1S(=O)(=O)Cl. The van der Waals surface area contributed by atoms with Crippen LogP contribution in [0.25, 0.3) is 0 Å². The number of esters is 1. The molecule has 5 nitrogen and oxygen atoms in total. The number of rotatable bonds is 4. The predicted molar refractivity (Wildman–Crippen MR) is 66.6 cm³/mol. The molecule has 0 spiro atoms. The Hall–Kier alpha value is -1.27. The van der Waals surface area contributed by atoms with Gasteiger partial charge in [-0.3, -0.25) is 0 Å². The molecule has 0 aliphatic heterocycles. The van der Waals surface area contributed by atoms with Crippen molar-refractivity contribution in [1.29, 1.82) is 0 Å². The quantitative estimate of drug-likeness (QED) is 0.628. The smallest absolute Gasteiger partial charge is 0.339 e. The average molecular weight is 293 g/mol. The van der Waals surface area contributed by atoms with Crippen LogP contribution in [0.4, 0.5) is 0 Å². The van der Waals surface area contributed by atoms with Crippen molar-refractivity contribution < 1.29 is 22.7 Å². The minimum Gasteiger partial charge on any atom is -0.491 e. The summed E-state index contributed by atoms with van der Waals surface area (Å²) < 4.78 is 32.5. The van der Waals surface area contributed by atoms with Crippen LogP contribution in [0.3, 0.4) is 0 Å². The molecular weight excluding hydrogens is 280 g/mol. The number of ether oxygens (including phenoxy) is 2. The molecule has 0 amide bonds. The van der Waals surface area contributed by atoms with Gasteiger partial charge in [0.2, 0.25) is 0 Å². The maximum absolute atomic E-state index is 11.5. The summed E-state index contributed by atoms with van der Waals surface area (Å²) >= 11 is 0. The molecule has 0 aliphatic carbocycles. The number of halogens is 1. The largest absolute Gasteiger partial charge is 0.491 e. The average Bonchev–Trinajstić information content (AvgIpc) is 2.25. The zero-order valence-electron chi connectivity index (χ0n) is 10.1. The van der Waals surface area contributed by atoms with E-state index in [1.165, 1.54) is 18.2 Å². The third-order valence-electron chi connectivity index (χ3n) is 1.99. The van der Waals surface area contributed by atoms with E-state index in [1.54, 1.807) is 0 Å². The Morgan fingerprint density at radius 2 is 1.94 bits per heavy atom. The van der Waals surface area contributed by atoms with Gasteiger partial charge in [0, 0.05) is 10.7 Å². The van der Waals surface area contributed by atoms with Crippen LogP contribution >= 0.6 is 10.7 Å². The highest BCUT2D eigenvalue weighted by molar-refractivity contribution is 8.13. The van der Waals surface area contributed by atoms with E-state index in [1.807, 2.05) is 13.8 Å². The van der Waals surface area contributed by atoms with Crippen molar-refractivity contribution in [1.82, 2.24) is 0 Å². The first kappa shape index (κ1) is 14.8. The molecule has 0 unspecified atom stereocenters. The van der Waals surface area contributed by atoms with E-state index in [2.05, 4.69) is 4.74 Å². The van der Waals surface area contributed by atoms with Crippen molar-refractivity contribution in [2.45, 2.75) is 24.8 Å². The third-order valence-corrected chi connectivity index (χ3v) is 3.37. The van der Waals surface area contributed by atoms with Crippen molar-refractivity contribution >= 4 is 25.7 Å². The Balaban J connectivity index is 3.34. The van der Waals surface area contributed by atoms with Crippen LogP contribution in [0, 0.1) is 0 Å². The van der Waals surface area contributed by atoms with Gasteiger partial charge >= 0.3 is 5.97 Å². The molecule has 0 aromatic heterocycles. The second kappa shape index (κ2) is 5.58. The van der Waals surface area contributed by atoms with Crippen LogP contribution in [0.5, 0.6) is 5.75 Å². The third kappa shape index (κ3) is 3.61. The molecule has 0 bridgehead atoms. The van der Waals surface area contributed by atoms with Crippen molar-refractivity contribution in [3.05, 3.63) is 23.8 Å². The lowest BCUT2D eigenvalue weighted by molar-refractivity contribution is 0.0595. The molecule has 0 N–H and O–H groups in total. The second-order valence-electron chi connectivity index (χ2n) is 3.75. The van der Waals surface area contributed by atoms with Crippen molar-refractivity contribution in [2.75, 3.05) is 7.11 Å². The van der Waals surface area contributed by atoms with E-state index >= 15 is 0 Å². The summed E-state index contributed by atoms with van der Waals surface area (Å²) in [6.07, 6.45) is -0.103. The van der Waals surface area contributed by atoms with Crippen LogP contribution < -0.4 is 4.74 Å². The molecule has 0 saturated carbocycles. The maximum Gasteiger partial charge on any atom is 0.339 e. The number of benzene rings is 1. The molecule has 0 atom stereocenters. The van der Waals surface area contributed by atoms with Crippen molar-refractivity contribution in [2.24, 2.45) is 0 Å². The molecule has 0 fully saturated rings. The summed E-state index contributed by atoms with van der Waals surface area (Å²) in [4.78, 5) is 11.2. The first-order valence-electron chi connectivity index (χ1n) is 5.09. The summed E-state index contributed by atoms with van der Waals surface area (Å²) in [6, 6.07) is 3.94. The van der Waals surface area contributed by atoms with Gasteiger partial charge in [-0.1, -0.05) is 0 Å². The molecule has 0 heterocycles. The molecule has 1 rings (SSSR count). The standard InChI is InChI=1S/C11H13ClO5S/c1-7(2)17-8-4-5-10(18(12,14)15)9(6-8)11(13)16-3/h4-7H,1-3H3. The van der Waals surface area contributed by atoms with E-state index in [4.69, 9.17) is 15.4 Å². The minimum atomic E-state index is -4.02. The molecule has 18 heavy (non-hydrogen) atoms. The van der Waals surface area contributed by atoms with Gasteiger partial charge in [-0.15, -0.1) is 0 Å². The summed E-state index contributed by atoms with van der Waals surface area (Å²) in [6.45, 7) is 3.62. The van der Waals surface area contributed by atoms with Crippen LogP contribution in [0.2, 0.25) is 0 Å². The highest BCUT2D eigenvalue weighted by Crippen LogP contribution is 2.25. The molecule has 0 saturated heterocycles. The number of hydrogen-bond donors (Lipinski definition) is 0. The lowest BCUT2D eigenvalue weighted by Gasteiger charge is -2.12. The van der Waals surface area contributed by atoms with Gasteiger partial charge in [-0.05, 0) is 32.0 Å². The molecule has 1 aromatic rings. The van der Waals surface area contributed by atoms with Crippen molar-refractivity contribution in [3.8, 4) is 5.75 Å². The van der Waals surface area contributed by atoms with Gasteiger partial charge in [0.1, 0.15) is 5.75 Å². The molecule has 100 valence electrons. The summed E-state index contributed by atoms with van der Waals surface area (Å²) in [5, 5.41) is 0. The van der Waals surface area contributed by atoms with E-state index in [-0.39, 0.29) is 16.6 Å². The van der Waals surface area contributed by atoms with Crippen LogP contribution in [-0.2, 0) is 13.8 Å². The topological polar surface area (TPSA) is 69.7 Å². The van der Waals surface area contributed by atoms with Gasteiger partial charge in [0.05, 0.1) is 23.7 Å². The lowest BCUT2D eigenvalue weighted by atomic mass is 10.2. The summed E-state index contributed by atoms with van der Waals surface area (Å²) in [5.41, 5.74) is -0.148. The van der Waals surface area contributed by atoms with Crippen LogP contribution in [0.1, 0.15) is 24.2 Å². The zero-order chi connectivity index (χ0) is 13.9. The summed E-state index contributed by atoms with van der Waals surface area (Å²) in [7, 11) is 2.38. The van der Waals surface area contributed by atoms with E-state index in [9.17, 15) is 13.2 Å². The number of carbonyl (C=O) groups excluding carboxylic acids is 1. The minimum absolute atomic E-state index is 0.103.